The Hall–Kier alpha value is -1.11. The molecule has 0 fully saturated rings. The SMILES string of the molecule is CC([N+]#N)C(=O)OCC(C)(C)C. The van der Waals surface area contributed by atoms with Crippen molar-refractivity contribution >= 4 is 5.97 Å². The zero-order chi connectivity index (χ0) is 9.78. The van der Waals surface area contributed by atoms with E-state index in [1.54, 1.807) is 0 Å². The minimum Gasteiger partial charge on any atom is -0.459 e. The van der Waals surface area contributed by atoms with Crippen molar-refractivity contribution in [3.63, 3.8) is 0 Å². The molecule has 1 unspecified atom stereocenters. The molecule has 0 aromatic carbocycles. The van der Waals surface area contributed by atoms with Gasteiger partial charge in [-0.05, 0) is 5.41 Å². The molecule has 4 nitrogen and oxygen atoms in total. The topological polar surface area (TPSA) is 54.5 Å². The standard InChI is InChI=1S/C8H15N2O2/c1-6(10-9)7(11)12-5-8(2,3)4/h6H,5H2,1-4H3/q+1. The molecular weight excluding hydrogens is 156 g/mol. The summed E-state index contributed by atoms with van der Waals surface area (Å²) in [6, 6.07) is -0.785. The molecule has 0 aliphatic heterocycles. The molecule has 0 amide bonds. The number of diazo groups is 1. The highest BCUT2D eigenvalue weighted by molar-refractivity contribution is 5.76. The van der Waals surface area contributed by atoms with Gasteiger partial charge >= 0.3 is 12.0 Å². The van der Waals surface area contributed by atoms with E-state index in [-0.39, 0.29) is 5.41 Å². The van der Waals surface area contributed by atoms with Crippen molar-refractivity contribution in [2.45, 2.75) is 33.7 Å². The van der Waals surface area contributed by atoms with E-state index >= 15 is 0 Å². The van der Waals surface area contributed by atoms with Gasteiger partial charge < -0.3 is 4.74 Å². The Morgan fingerprint density at radius 3 is 2.42 bits per heavy atom. The highest BCUT2D eigenvalue weighted by Gasteiger charge is 2.27. The van der Waals surface area contributed by atoms with Crippen LogP contribution < -0.4 is 0 Å². The van der Waals surface area contributed by atoms with Crippen molar-refractivity contribution in [1.82, 2.24) is 0 Å². The molecule has 0 aromatic heterocycles. The molecule has 0 saturated carbocycles. The highest BCUT2D eigenvalue weighted by atomic mass is 16.5. The summed E-state index contributed by atoms with van der Waals surface area (Å²) in [6.45, 7) is 7.69. The van der Waals surface area contributed by atoms with Crippen LogP contribution in [-0.2, 0) is 9.53 Å². The van der Waals surface area contributed by atoms with E-state index in [0.717, 1.165) is 0 Å². The quantitative estimate of drug-likeness (QED) is 0.470. The van der Waals surface area contributed by atoms with E-state index in [1.165, 1.54) is 6.92 Å². The Bertz CT molecular complexity index is 200. The van der Waals surface area contributed by atoms with Crippen LogP contribution in [0.4, 0.5) is 0 Å². The summed E-state index contributed by atoms with van der Waals surface area (Å²) in [4.78, 5) is 13.8. The van der Waals surface area contributed by atoms with Crippen molar-refractivity contribution in [3.05, 3.63) is 4.98 Å². The lowest BCUT2D eigenvalue weighted by Crippen LogP contribution is -2.23. The number of ether oxygens (including phenoxy) is 1. The molecule has 4 heteroatoms. The normalized spacial score (nSPS) is 13.2. The van der Waals surface area contributed by atoms with Crippen molar-refractivity contribution in [2.75, 3.05) is 6.61 Å². The number of esters is 1. The minimum absolute atomic E-state index is 0.0508. The molecule has 0 radical (unpaired) electrons. The largest absolute Gasteiger partial charge is 0.459 e. The first-order chi connectivity index (χ1) is 5.37. The van der Waals surface area contributed by atoms with E-state index in [9.17, 15) is 4.79 Å². The van der Waals surface area contributed by atoms with E-state index in [0.29, 0.717) is 6.61 Å². The van der Waals surface area contributed by atoms with Crippen molar-refractivity contribution < 1.29 is 9.53 Å². The maximum Gasteiger partial charge on any atom is 0.405 e. The lowest BCUT2D eigenvalue weighted by Gasteiger charge is -2.16. The number of carbonyl (C=O) groups excluding carboxylic acids is 1. The second kappa shape index (κ2) is 4.05. The van der Waals surface area contributed by atoms with Crippen LogP contribution in [0.25, 0.3) is 4.98 Å². The van der Waals surface area contributed by atoms with Crippen LogP contribution >= 0.6 is 0 Å². The van der Waals surface area contributed by atoms with E-state index < -0.39 is 12.0 Å². The Labute approximate surface area is 72.5 Å². The molecule has 0 spiro atoms. The number of nitrogens with zero attached hydrogens (tertiary/aromatic N) is 2. The van der Waals surface area contributed by atoms with Gasteiger partial charge in [-0.25, -0.2) is 4.79 Å². The van der Waals surface area contributed by atoms with Crippen LogP contribution in [0.5, 0.6) is 0 Å². The van der Waals surface area contributed by atoms with Crippen LogP contribution in [-0.4, -0.2) is 18.6 Å². The number of carbonyl (C=O) groups is 1. The third-order valence-corrected chi connectivity index (χ3v) is 1.16. The molecule has 0 rings (SSSR count). The summed E-state index contributed by atoms with van der Waals surface area (Å²) in [5, 5.41) is 8.26. The zero-order valence-corrected chi connectivity index (χ0v) is 8.00. The van der Waals surface area contributed by atoms with E-state index in [2.05, 4.69) is 4.98 Å². The van der Waals surface area contributed by atoms with Crippen LogP contribution in [0, 0.1) is 10.8 Å². The van der Waals surface area contributed by atoms with E-state index in [1.807, 2.05) is 20.8 Å². The van der Waals surface area contributed by atoms with Gasteiger partial charge in [-0.2, -0.15) is 0 Å². The van der Waals surface area contributed by atoms with Crippen LogP contribution in [0.2, 0.25) is 0 Å². The lowest BCUT2D eigenvalue weighted by atomic mass is 9.99. The summed E-state index contributed by atoms with van der Waals surface area (Å²) in [5.74, 6) is -0.493. The predicted octanol–water partition coefficient (Wildman–Crippen LogP) is 1.82. The smallest absolute Gasteiger partial charge is 0.405 e. The highest BCUT2D eigenvalue weighted by Crippen LogP contribution is 2.13. The lowest BCUT2D eigenvalue weighted by molar-refractivity contribution is -0.146. The first-order valence-electron chi connectivity index (χ1n) is 3.87. The monoisotopic (exact) mass is 171 g/mol. The van der Waals surface area contributed by atoms with Crippen molar-refractivity contribution in [3.8, 4) is 0 Å². The second-order valence-electron chi connectivity index (χ2n) is 3.96. The third-order valence-electron chi connectivity index (χ3n) is 1.16. The maximum atomic E-state index is 10.9. The molecule has 0 aliphatic rings. The first kappa shape index (κ1) is 10.9. The minimum atomic E-state index is -0.785. The fourth-order valence-electron chi connectivity index (χ4n) is 0.455. The molecule has 0 aromatic rings. The number of hydrogen-bond donors (Lipinski definition) is 0. The van der Waals surface area contributed by atoms with E-state index in [4.69, 9.17) is 10.1 Å². The van der Waals surface area contributed by atoms with Gasteiger partial charge in [0.15, 0.2) is 0 Å². The van der Waals surface area contributed by atoms with Gasteiger partial charge in [-0.15, -0.1) is 0 Å². The number of rotatable bonds is 2. The van der Waals surface area contributed by atoms with Crippen LogP contribution in [0.15, 0.2) is 0 Å². The summed E-state index contributed by atoms with van der Waals surface area (Å²) in [7, 11) is 0. The van der Waals surface area contributed by atoms with Gasteiger partial charge in [0.05, 0.1) is 6.61 Å². The summed E-state index contributed by atoms with van der Waals surface area (Å²) in [6.07, 6.45) is 0. The number of hydrogen-bond acceptors (Lipinski definition) is 3. The molecule has 0 bridgehead atoms. The molecule has 0 N–H and O–H groups in total. The second-order valence-corrected chi connectivity index (χ2v) is 3.96. The molecule has 12 heavy (non-hydrogen) atoms. The average Bonchev–Trinajstić information content (AvgIpc) is 1.97. The Morgan fingerprint density at radius 2 is 2.08 bits per heavy atom. The molecule has 1 atom stereocenters. The van der Waals surface area contributed by atoms with Gasteiger partial charge in [0.1, 0.15) is 4.98 Å². The first-order valence-corrected chi connectivity index (χ1v) is 3.87. The fourth-order valence-corrected chi connectivity index (χ4v) is 0.455. The van der Waals surface area contributed by atoms with Gasteiger partial charge in [0.2, 0.25) is 5.39 Å². The van der Waals surface area contributed by atoms with Gasteiger partial charge in [0, 0.05) is 6.92 Å². The van der Waals surface area contributed by atoms with Gasteiger partial charge in [0.25, 0.3) is 0 Å². The van der Waals surface area contributed by atoms with Gasteiger partial charge in [-0.3, -0.25) is 0 Å². The average molecular weight is 171 g/mol. The van der Waals surface area contributed by atoms with Crippen LogP contribution in [0.1, 0.15) is 27.7 Å². The summed E-state index contributed by atoms with van der Waals surface area (Å²) >= 11 is 0. The molecule has 0 aliphatic carbocycles. The molecule has 0 heterocycles. The maximum absolute atomic E-state index is 10.9. The Balaban J connectivity index is 3.82. The summed E-state index contributed by atoms with van der Waals surface area (Å²) < 4.78 is 4.87. The molecule has 0 saturated heterocycles. The zero-order valence-electron chi connectivity index (χ0n) is 8.00. The Kier molecular flexibility index (Phi) is 3.68. The summed E-state index contributed by atoms with van der Waals surface area (Å²) in [5.41, 5.74) is -0.0508. The van der Waals surface area contributed by atoms with Crippen molar-refractivity contribution in [1.29, 1.82) is 5.39 Å². The molecule has 68 valence electrons. The van der Waals surface area contributed by atoms with Crippen molar-refractivity contribution in [2.24, 2.45) is 5.41 Å². The van der Waals surface area contributed by atoms with Crippen LogP contribution in [0.3, 0.4) is 0 Å². The fraction of sp³-hybridized carbons (Fsp3) is 0.875. The third kappa shape index (κ3) is 4.67. The predicted molar refractivity (Wildman–Crippen MR) is 45.0 cm³/mol. The molecular formula is C8H15N2O2+. The van der Waals surface area contributed by atoms with Gasteiger partial charge in [-0.1, -0.05) is 20.8 Å². The Morgan fingerprint density at radius 1 is 1.58 bits per heavy atom.